The molecule has 1 rings (SSSR count). The molecule has 0 aliphatic carbocycles. The van der Waals surface area contributed by atoms with Crippen molar-refractivity contribution >= 4 is 0 Å². The van der Waals surface area contributed by atoms with E-state index in [1.807, 2.05) is 0 Å². The van der Waals surface area contributed by atoms with E-state index < -0.39 is 0 Å². The maximum Gasteiger partial charge on any atom is 0.256 e. The van der Waals surface area contributed by atoms with E-state index in [0.717, 1.165) is 0 Å². The molecule has 0 N–H and O–H groups in total. The first-order valence-electron chi connectivity index (χ1n) is 17.9. The molecule has 0 aliphatic heterocycles. The Morgan fingerprint density at radius 2 is 0.816 bits per heavy atom. The summed E-state index contributed by atoms with van der Waals surface area (Å²) in [6.45, 7) is 9.39. The van der Waals surface area contributed by atoms with Gasteiger partial charge in [0.25, 0.3) is 5.82 Å². The summed E-state index contributed by atoms with van der Waals surface area (Å²) in [7, 11) is 0. The van der Waals surface area contributed by atoms with Crippen molar-refractivity contribution in [1.82, 2.24) is 4.57 Å². The van der Waals surface area contributed by atoms with Gasteiger partial charge in [0.2, 0.25) is 0 Å². The molecule has 0 bridgehead atoms. The molecule has 0 saturated heterocycles. The molecule has 0 aromatic carbocycles. The molecule has 0 amide bonds. The van der Waals surface area contributed by atoms with Gasteiger partial charge in [0.1, 0.15) is 12.4 Å². The summed E-state index contributed by atoms with van der Waals surface area (Å²) in [4.78, 5) is 0. The van der Waals surface area contributed by atoms with Gasteiger partial charge in [0, 0.05) is 6.42 Å². The van der Waals surface area contributed by atoms with Crippen molar-refractivity contribution in [3.8, 4) is 0 Å². The average molecular weight is 532 g/mol. The molecule has 0 fully saturated rings. The topological polar surface area (TPSA) is 8.81 Å². The van der Waals surface area contributed by atoms with Crippen molar-refractivity contribution in [1.29, 1.82) is 0 Å². The molecule has 1 heterocycles. The average Bonchev–Trinajstić information content (AvgIpc) is 3.31. The van der Waals surface area contributed by atoms with Crippen molar-refractivity contribution in [3.05, 3.63) is 18.2 Å². The van der Waals surface area contributed by atoms with E-state index in [1.165, 1.54) is 193 Å². The zero-order valence-corrected chi connectivity index (χ0v) is 26.8. The molecular formula is C36H71N2+. The summed E-state index contributed by atoms with van der Waals surface area (Å²) in [5.41, 5.74) is 0. The number of hydrogen-bond acceptors (Lipinski definition) is 0. The minimum absolute atomic E-state index is 1.23. The monoisotopic (exact) mass is 532 g/mol. The van der Waals surface area contributed by atoms with Crippen LogP contribution in [-0.2, 0) is 19.5 Å². The number of rotatable bonds is 30. The van der Waals surface area contributed by atoms with Gasteiger partial charge in [-0.05, 0) is 32.1 Å². The van der Waals surface area contributed by atoms with Crippen molar-refractivity contribution in [3.63, 3.8) is 0 Å². The Kier molecular flexibility index (Phi) is 25.7. The van der Waals surface area contributed by atoms with E-state index in [9.17, 15) is 0 Å². The van der Waals surface area contributed by atoms with Crippen LogP contribution in [0, 0.1) is 0 Å². The van der Waals surface area contributed by atoms with E-state index >= 15 is 0 Å². The van der Waals surface area contributed by atoms with Gasteiger partial charge in [0.15, 0.2) is 0 Å². The van der Waals surface area contributed by atoms with Crippen LogP contribution in [-0.4, -0.2) is 4.57 Å². The molecule has 0 unspecified atom stereocenters. The van der Waals surface area contributed by atoms with Gasteiger partial charge in [-0.25, -0.2) is 9.13 Å². The lowest BCUT2D eigenvalue weighted by Crippen LogP contribution is -2.37. The van der Waals surface area contributed by atoms with Gasteiger partial charge in [0.05, 0.1) is 13.1 Å². The van der Waals surface area contributed by atoms with Crippen molar-refractivity contribution in [2.24, 2.45) is 0 Å². The van der Waals surface area contributed by atoms with Crippen LogP contribution < -0.4 is 4.57 Å². The highest BCUT2D eigenvalue weighted by Crippen LogP contribution is 2.14. The summed E-state index contributed by atoms with van der Waals surface area (Å²) in [6.07, 6.45) is 44.4. The van der Waals surface area contributed by atoms with E-state index in [1.54, 1.807) is 5.82 Å². The standard InChI is InChI=1S/C36H71N2/c1-4-7-10-13-16-17-18-19-20-21-22-23-24-27-30-33-38-35-34-37(32-29-26-15-12-9-6-3)36(38)31-28-25-14-11-8-5-2/h34-35H,4-33H2,1-3H3/q+1. The molecule has 1 aromatic rings. The second kappa shape index (κ2) is 27.8. The number of aromatic nitrogens is 2. The van der Waals surface area contributed by atoms with E-state index in [0.29, 0.717) is 0 Å². The maximum atomic E-state index is 2.62. The summed E-state index contributed by atoms with van der Waals surface area (Å²) in [5.74, 6) is 1.61. The van der Waals surface area contributed by atoms with Gasteiger partial charge in [-0.3, -0.25) is 0 Å². The molecule has 224 valence electrons. The smallest absolute Gasteiger partial charge is 0.234 e. The number of nitrogens with zero attached hydrogens (tertiary/aromatic N) is 2. The highest BCUT2D eigenvalue weighted by molar-refractivity contribution is 4.84. The molecule has 0 saturated carbocycles. The van der Waals surface area contributed by atoms with E-state index in [-0.39, 0.29) is 0 Å². The summed E-state index contributed by atoms with van der Waals surface area (Å²) < 4.78 is 5.22. The first kappa shape index (κ1) is 35.2. The third-order valence-electron chi connectivity index (χ3n) is 8.60. The number of aryl methyl sites for hydroxylation is 2. The van der Waals surface area contributed by atoms with Crippen LogP contribution in [0.15, 0.2) is 12.4 Å². The van der Waals surface area contributed by atoms with E-state index in [2.05, 4.69) is 42.3 Å². The molecule has 0 atom stereocenters. The minimum atomic E-state index is 1.23. The molecule has 0 radical (unpaired) electrons. The normalized spacial score (nSPS) is 11.6. The van der Waals surface area contributed by atoms with E-state index in [4.69, 9.17) is 0 Å². The summed E-state index contributed by atoms with van der Waals surface area (Å²) in [6, 6.07) is 0. The third-order valence-corrected chi connectivity index (χ3v) is 8.60. The lowest BCUT2D eigenvalue weighted by molar-refractivity contribution is -0.704. The zero-order chi connectivity index (χ0) is 27.4. The van der Waals surface area contributed by atoms with Crippen LogP contribution in [0.3, 0.4) is 0 Å². The van der Waals surface area contributed by atoms with Crippen LogP contribution in [0.4, 0.5) is 0 Å². The van der Waals surface area contributed by atoms with Crippen LogP contribution in [0.2, 0.25) is 0 Å². The van der Waals surface area contributed by atoms with Crippen LogP contribution in [0.1, 0.15) is 200 Å². The van der Waals surface area contributed by atoms with Crippen molar-refractivity contribution < 1.29 is 4.57 Å². The fourth-order valence-corrected chi connectivity index (χ4v) is 5.97. The highest BCUT2D eigenvalue weighted by Gasteiger charge is 2.16. The third kappa shape index (κ3) is 20.2. The zero-order valence-electron chi connectivity index (χ0n) is 26.8. The molecular weight excluding hydrogens is 460 g/mol. The molecule has 0 spiro atoms. The van der Waals surface area contributed by atoms with Crippen LogP contribution in [0.25, 0.3) is 0 Å². The van der Waals surface area contributed by atoms with Gasteiger partial charge >= 0.3 is 0 Å². The second-order valence-corrected chi connectivity index (χ2v) is 12.3. The maximum absolute atomic E-state index is 2.62. The molecule has 2 heteroatoms. The fourth-order valence-electron chi connectivity index (χ4n) is 5.97. The summed E-state index contributed by atoms with van der Waals surface area (Å²) in [5, 5.41) is 0. The summed E-state index contributed by atoms with van der Waals surface area (Å²) >= 11 is 0. The van der Waals surface area contributed by atoms with Crippen LogP contribution in [0.5, 0.6) is 0 Å². The SMILES string of the molecule is CCCCCCCCCCCCCCCCC[n+]1ccn(CCCCCCCC)c1CCCCCCCC. The molecule has 1 aromatic heterocycles. The number of imidazole rings is 1. The van der Waals surface area contributed by atoms with Crippen molar-refractivity contribution in [2.75, 3.05) is 0 Å². The lowest BCUT2D eigenvalue weighted by Gasteiger charge is -2.07. The largest absolute Gasteiger partial charge is 0.256 e. The minimum Gasteiger partial charge on any atom is -0.234 e. The first-order chi connectivity index (χ1) is 18.8. The Morgan fingerprint density at radius 3 is 1.26 bits per heavy atom. The van der Waals surface area contributed by atoms with Gasteiger partial charge in [-0.1, -0.05) is 162 Å². The Labute approximate surface area is 240 Å². The molecule has 2 nitrogen and oxygen atoms in total. The predicted molar refractivity (Wildman–Crippen MR) is 170 cm³/mol. The second-order valence-electron chi connectivity index (χ2n) is 12.3. The van der Waals surface area contributed by atoms with Crippen molar-refractivity contribution in [2.45, 2.75) is 214 Å². The fraction of sp³-hybridized carbons (Fsp3) is 0.917. The highest BCUT2D eigenvalue weighted by atomic mass is 15.1. The predicted octanol–water partition coefficient (Wildman–Crippen LogP) is 11.9. The number of unbranched alkanes of at least 4 members (excludes halogenated alkanes) is 24. The Bertz CT molecular complexity index is 590. The van der Waals surface area contributed by atoms with Gasteiger partial charge in [-0.2, -0.15) is 0 Å². The Hall–Kier alpha value is -0.790. The first-order valence-corrected chi connectivity index (χ1v) is 17.9. The quantitative estimate of drug-likeness (QED) is 0.0689. The number of hydrogen-bond donors (Lipinski definition) is 0. The lowest BCUT2D eigenvalue weighted by atomic mass is 10.0. The Balaban J connectivity index is 2.20. The molecule has 38 heavy (non-hydrogen) atoms. The van der Waals surface area contributed by atoms with Gasteiger partial charge in [-0.15, -0.1) is 0 Å². The Morgan fingerprint density at radius 1 is 0.447 bits per heavy atom. The van der Waals surface area contributed by atoms with Gasteiger partial charge < -0.3 is 0 Å². The molecule has 0 aliphatic rings. The van der Waals surface area contributed by atoms with Crippen LogP contribution >= 0.6 is 0 Å².